The average molecular weight is 173 g/mol. The first-order chi connectivity index (χ1) is 5.65. The predicted molar refractivity (Wildman–Crippen MR) is 42.7 cm³/mol. The zero-order valence-corrected chi connectivity index (χ0v) is 7.20. The van der Waals surface area contributed by atoms with Gasteiger partial charge in [0.25, 0.3) is 0 Å². The third-order valence-corrected chi connectivity index (χ3v) is 1.70. The molecule has 0 spiro atoms. The SMILES string of the molecule is CCC(F)Cn1ncn(C)c1=O. The molecule has 0 fully saturated rings. The Balaban J connectivity index is 2.76. The number of aryl methyl sites for hydroxylation is 1. The Morgan fingerprint density at radius 3 is 2.83 bits per heavy atom. The monoisotopic (exact) mass is 173 g/mol. The third kappa shape index (κ3) is 1.72. The maximum Gasteiger partial charge on any atom is 0.345 e. The number of nitrogens with zero attached hydrogens (tertiary/aromatic N) is 3. The molecule has 0 radical (unpaired) electrons. The fourth-order valence-electron chi connectivity index (χ4n) is 0.863. The summed E-state index contributed by atoms with van der Waals surface area (Å²) in [5, 5.41) is 3.73. The van der Waals surface area contributed by atoms with Crippen molar-refractivity contribution in [3.05, 3.63) is 16.8 Å². The van der Waals surface area contributed by atoms with Crippen LogP contribution in [0.1, 0.15) is 13.3 Å². The van der Waals surface area contributed by atoms with E-state index in [1.807, 2.05) is 0 Å². The van der Waals surface area contributed by atoms with Gasteiger partial charge in [-0.25, -0.2) is 13.9 Å². The Morgan fingerprint density at radius 2 is 2.42 bits per heavy atom. The average Bonchev–Trinajstić information content (AvgIpc) is 2.36. The molecule has 5 heteroatoms. The largest absolute Gasteiger partial charge is 0.345 e. The standard InChI is InChI=1S/C7H12FN3O/c1-3-6(8)4-11-7(12)10(2)5-9-11/h5-6H,3-4H2,1-2H3. The molecule has 12 heavy (non-hydrogen) atoms. The second kappa shape index (κ2) is 3.51. The van der Waals surface area contributed by atoms with Gasteiger partial charge >= 0.3 is 5.69 Å². The normalized spacial score (nSPS) is 13.2. The Hall–Kier alpha value is -1.13. The summed E-state index contributed by atoms with van der Waals surface area (Å²) in [4.78, 5) is 11.1. The second-order valence-corrected chi connectivity index (χ2v) is 2.71. The Labute approximate surface area is 69.6 Å². The quantitative estimate of drug-likeness (QED) is 0.660. The molecule has 0 amide bonds. The van der Waals surface area contributed by atoms with Gasteiger partial charge in [-0.15, -0.1) is 0 Å². The minimum atomic E-state index is -0.988. The molecular weight excluding hydrogens is 161 g/mol. The molecule has 0 saturated carbocycles. The van der Waals surface area contributed by atoms with Crippen molar-refractivity contribution in [1.82, 2.24) is 14.3 Å². The van der Waals surface area contributed by atoms with E-state index in [2.05, 4.69) is 5.10 Å². The van der Waals surface area contributed by atoms with E-state index < -0.39 is 6.17 Å². The lowest BCUT2D eigenvalue weighted by Crippen LogP contribution is -2.26. The van der Waals surface area contributed by atoms with Crippen LogP contribution >= 0.6 is 0 Å². The lowest BCUT2D eigenvalue weighted by Gasteiger charge is -2.02. The van der Waals surface area contributed by atoms with Gasteiger partial charge in [-0.05, 0) is 6.42 Å². The number of hydrogen-bond donors (Lipinski definition) is 0. The van der Waals surface area contributed by atoms with Gasteiger partial charge < -0.3 is 0 Å². The maximum absolute atomic E-state index is 12.8. The van der Waals surface area contributed by atoms with Crippen LogP contribution in [-0.2, 0) is 13.6 Å². The highest BCUT2D eigenvalue weighted by atomic mass is 19.1. The van der Waals surface area contributed by atoms with Crippen molar-refractivity contribution in [3.63, 3.8) is 0 Å². The highest BCUT2D eigenvalue weighted by Crippen LogP contribution is 1.97. The molecule has 4 nitrogen and oxygen atoms in total. The Kier molecular flexibility index (Phi) is 2.62. The fraction of sp³-hybridized carbons (Fsp3) is 0.714. The first-order valence-electron chi connectivity index (χ1n) is 3.87. The summed E-state index contributed by atoms with van der Waals surface area (Å²) in [5.74, 6) is 0. The molecule has 1 heterocycles. The number of hydrogen-bond acceptors (Lipinski definition) is 2. The van der Waals surface area contributed by atoms with E-state index in [1.165, 1.54) is 10.9 Å². The smallest absolute Gasteiger partial charge is 0.285 e. The van der Waals surface area contributed by atoms with Crippen molar-refractivity contribution < 1.29 is 4.39 Å². The van der Waals surface area contributed by atoms with Crippen LogP contribution < -0.4 is 5.69 Å². The molecule has 1 aromatic rings. The molecule has 0 aliphatic carbocycles. The summed E-state index contributed by atoms with van der Waals surface area (Å²) in [5.41, 5.74) is -0.272. The first-order valence-corrected chi connectivity index (χ1v) is 3.87. The van der Waals surface area contributed by atoms with E-state index in [-0.39, 0.29) is 12.2 Å². The summed E-state index contributed by atoms with van der Waals surface area (Å²) in [7, 11) is 1.59. The molecule has 1 aromatic heterocycles. The third-order valence-electron chi connectivity index (χ3n) is 1.70. The molecule has 68 valence electrons. The van der Waals surface area contributed by atoms with E-state index in [9.17, 15) is 9.18 Å². The van der Waals surface area contributed by atoms with Crippen molar-refractivity contribution in [2.75, 3.05) is 0 Å². The van der Waals surface area contributed by atoms with Crippen molar-refractivity contribution in [1.29, 1.82) is 0 Å². The minimum absolute atomic E-state index is 0.0518. The van der Waals surface area contributed by atoms with Crippen LogP contribution in [0.3, 0.4) is 0 Å². The van der Waals surface area contributed by atoms with Crippen LogP contribution in [0.2, 0.25) is 0 Å². The van der Waals surface area contributed by atoms with Crippen molar-refractivity contribution >= 4 is 0 Å². The van der Waals surface area contributed by atoms with E-state index in [4.69, 9.17) is 0 Å². The fourth-order valence-corrected chi connectivity index (χ4v) is 0.863. The molecule has 1 unspecified atom stereocenters. The zero-order valence-electron chi connectivity index (χ0n) is 7.20. The molecule has 0 bridgehead atoms. The lowest BCUT2D eigenvalue weighted by atomic mass is 10.3. The van der Waals surface area contributed by atoms with Crippen LogP contribution in [0.25, 0.3) is 0 Å². The van der Waals surface area contributed by atoms with Crippen LogP contribution in [0.15, 0.2) is 11.1 Å². The summed E-state index contributed by atoms with van der Waals surface area (Å²) in [6.45, 7) is 1.79. The van der Waals surface area contributed by atoms with Gasteiger partial charge in [0.15, 0.2) is 0 Å². The highest BCUT2D eigenvalue weighted by Gasteiger charge is 2.07. The van der Waals surface area contributed by atoms with Crippen LogP contribution in [0.4, 0.5) is 4.39 Å². The van der Waals surface area contributed by atoms with Gasteiger partial charge in [-0.1, -0.05) is 6.92 Å². The minimum Gasteiger partial charge on any atom is -0.285 e. The molecule has 0 aliphatic heterocycles. The number of halogens is 1. The van der Waals surface area contributed by atoms with Crippen LogP contribution in [0, 0.1) is 0 Å². The van der Waals surface area contributed by atoms with Gasteiger partial charge in [0.05, 0.1) is 6.54 Å². The van der Waals surface area contributed by atoms with Crippen molar-refractivity contribution in [3.8, 4) is 0 Å². The maximum atomic E-state index is 12.8. The molecule has 1 rings (SSSR count). The Bertz CT molecular complexity index is 304. The summed E-state index contributed by atoms with van der Waals surface area (Å²) < 4.78 is 15.3. The molecule has 1 atom stereocenters. The lowest BCUT2D eigenvalue weighted by molar-refractivity contribution is 0.274. The summed E-state index contributed by atoms with van der Waals surface area (Å²) in [6.07, 6.45) is 0.797. The van der Waals surface area contributed by atoms with Crippen LogP contribution in [0.5, 0.6) is 0 Å². The van der Waals surface area contributed by atoms with E-state index in [1.54, 1.807) is 14.0 Å². The van der Waals surface area contributed by atoms with Gasteiger partial charge in [0.1, 0.15) is 12.5 Å². The van der Waals surface area contributed by atoms with Crippen molar-refractivity contribution in [2.45, 2.75) is 26.1 Å². The molecular formula is C7H12FN3O. The second-order valence-electron chi connectivity index (χ2n) is 2.71. The molecule has 0 N–H and O–H groups in total. The van der Waals surface area contributed by atoms with E-state index in [0.717, 1.165) is 4.68 Å². The predicted octanol–water partition coefficient (Wildman–Crippen LogP) is 0.330. The topological polar surface area (TPSA) is 39.8 Å². The van der Waals surface area contributed by atoms with Gasteiger partial charge in [-0.3, -0.25) is 4.57 Å². The van der Waals surface area contributed by atoms with E-state index in [0.29, 0.717) is 6.42 Å². The van der Waals surface area contributed by atoms with Crippen LogP contribution in [-0.4, -0.2) is 20.5 Å². The number of rotatable bonds is 3. The molecule has 0 aliphatic rings. The van der Waals surface area contributed by atoms with Gasteiger partial charge in [0, 0.05) is 7.05 Å². The first kappa shape index (κ1) is 8.96. The van der Waals surface area contributed by atoms with E-state index >= 15 is 0 Å². The molecule has 0 aromatic carbocycles. The number of alkyl halides is 1. The van der Waals surface area contributed by atoms with Gasteiger partial charge in [-0.2, -0.15) is 5.10 Å². The zero-order chi connectivity index (χ0) is 9.14. The number of aromatic nitrogens is 3. The van der Waals surface area contributed by atoms with Crippen molar-refractivity contribution in [2.24, 2.45) is 7.05 Å². The van der Waals surface area contributed by atoms with Gasteiger partial charge in [0.2, 0.25) is 0 Å². The summed E-state index contributed by atoms with van der Waals surface area (Å²) in [6, 6.07) is 0. The highest BCUT2D eigenvalue weighted by molar-refractivity contribution is 4.66. The molecule has 0 saturated heterocycles. The Morgan fingerprint density at radius 1 is 1.75 bits per heavy atom. The summed E-state index contributed by atoms with van der Waals surface area (Å²) >= 11 is 0.